The highest BCUT2D eigenvalue weighted by atomic mass is 16.5. The van der Waals surface area contributed by atoms with Gasteiger partial charge in [0.25, 0.3) is 0 Å². The molecule has 1 fully saturated rings. The molecule has 0 radical (unpaired) electrons. The van der Waals surface area contributed by atoms with E-state index in [1.807, 2.05) is 18.2 Å². The number of benzene rings is 1. The highest BCUT2D eigenvalue weighted by Gasteiger charge is 2.24. The molecular formula is C17H27NO. The Morgan fingerprint density at radius 2 is 1.89 bits per heavy atom. The molecule has 0 N–H and O–H groups in total. The predicted octanol–water partition coefficient (Wildman–Crippen LogP) is 4.31. The SMILES string of the molecule is CCCCC(Oc1ccccc1)N1CCC(C)CC1. The summed E-state index contributed by atoms with van der Waals surface area (Å²) in [5.74, 6) is 1.88. The number of rotatable bonds is 6. The van der Waals surface area contributed by atoms with Crippen molar-refractivity contribution in [3.8, 4) is 5.75 Å². The Kier molecular flexibility index (Phi) is 5.71. The van der Waals surface area contributed by atoms with E-state index in [1.165, 1.54) is 38.8 Å². The van der Waals surface area contributed by atoms with Gasteiger partial charge in [-0.25, -0.2) is 0 Å². The van der Waals surface area contributed by atoms with E-state index < -0.39 is 0 Å². The maximum Gasteiger partial charge on any atom is 0.152 e. The van der Waals surface area contributed by atoms with Crippen molar-refractivity contribution in [3.63, 3.8) is 0 Å². The lowest BCUT2D eigenvalue weighted by Gasteiger charge is -2.36. The highest BCUT2D eigenvalue weighted by Crippen LogP contribution is 2.23. The molecule has 0 amide bonds. The minimum absolute atomic E-state index is 0.259. The molecule has 0 spiro atoms. The number of hydrogen-bond donors (Lipinski definition) is 0. The van der Waals surface area contributed by atoms with Crippen LogP contribution in [0.4, 0.5) is 0 Å². The van der Waals surface area contributed by atoms with Crippen molar-refractivity contribution in [2.45, 2.75) is 52.2 Å². The molecule has 19 heavy (non-hydrogen) atoms. The quantitative estimate of drug-likeness (QED) is 0.756. The van der Waals surface area contributed by atoms with Gasteiger partial charge in [0, 0.05) is 13.1 Å². The molecule has 0 aromatic heterocycles. The first kappa shape index (κ1) is 14.4. The summed E-state index contributed by atoms with van der Waals surface area (Å²) in [5.41, 5.74) is 0. The Bertz CT molecular complexity index is 344. The van der Waals surface area contributed by atoms with Crippen LogP contribution >= 0.6 is 0 Å². The minimum Gasteiger partial charge on any atom is -0.475 e. The summed E-state index contributed by atoms with van der Waals surface area (Å²) in [6.07, 6.45) is 6.49. The number of ether oxygens (including phenoxy) is 1. The van der Waals surface area contributed by atoms with Gasteiger partial charge in [0.15, 0.2) is 6.23 Å². The zero-order valence-electron chi connectivity index (χ0n) is 12.3. The van der Waals surface area contributed by atoms with Gasteiger partial charge in [0.05, 0.1) is 0 Å². The summed E-state index contributed by atoms with van der Waals surface area (Å²) < 4.78 is 6.22. The molecule has 2 rings (SSSR count). The summed E-state index contributed by atoms with van der Waals surface area (Å²) >= 11 is 0. The second-order valence-corrected chi connectivity index (χ2v) is 5.75. The first-order chi connectivity index (χ1) is 9.29. The van der Waals surface area contributed by atoms with Crippen molar-refractivity contribution in [1.29, 1.82) is 0 Å². The second kappa shape index (κ2) is 7.54. The van der Waals surface area contributed by atoms with E-state index in [4.69, 9.17) is 4.74 Å². The van der Waals surface area contributed by atoms with Gasteiger partial charge >= 0.3 is 0 Å². The molecule has 1 saturated heterocycles. The fourth-order valence-corrected chi connectivity index (χ4v) is 2.67. The number of piperidine rings is 1. The van der Waals surface area contributed by atoms with Crippen LogP contribution in [0.25, 0.3) is 0 Å². The molecule has 1 unspecified atom stereocenters. The van der Waals surface area contributed by atoms with Crippen molar-refractivity contribution in [3.05, 3.63) is 30.3 Å². The number of hydrogen-bond acceptors (Lipinski definition) is 2. The van der Waals surface area contributed by atoms with Crippen molar-refractivity contribution in [2.24, 2.45) is 5.92 Å². The van der Waals surface area contributed by atoms with E-state index in [9.17, 15) is 0 Å². The molecule has 0 aliphatic carbocycles. The Morgan fingerprint density at radius 1 is 1.21 bits per heavy atom. The molecule has 2 heteroatoms. The lowest BCUT2D eigenvalue weighted by molar-refractivity contribution is -0.00299. The van der Waals surface area contributed by atoms with Crippen LogP contribution in [-0.4, -0.2) is 24.2 Å². The standard InChI is InChI=1S/C17H27NO/c1-3-4-10-17(18-13-11-15(2)12-14-18)19-16-8-6-5-7-9-16/h5-9,15,17H,3-4,10-14H2,1-2H3. The molecule has 106 valence electrons. The summed E-state index contributed by atoms with van der Waals surface area (Å²) in [5, 5.41) is 0. The van der Waals surface area contributed by atoms with Crippen LogP contribution in [0.5, 0.6) is 5.75 Å². The maximum absolute atomic E-state index is 6.22. The lowest BCUT2D eigenvalue weighted by atomic mass is 9.98. The van der Waals surface area contributed by atoms with Crippen LogP contribution in [0.3, 0.4) is 0 Å². The van der Waals surface area contributed by atoms with Gasteiger partial charge < -0.3 is 4.74 Å². The second-order valence-electron chi connectivity index (χ2n) is 5.75. The molecule has 0 saturated carbocycles. The zero-order valence-corrected chi connectivity index (χ0v) is 12.3. The maximum atomic E-state index is 6.22. The van der Waals surface area contributed by atoms with Gasteiger partial charge in [-0.2, -0.15) is 0 Å². The van der Waals surface area contributed by atoms with Crippen LogP contribution in [0.2, 0.25) is 0 Å². The van der Waals surface area contributed by atoms with Gasteiger partial charge in [0.2, 0.25) is 0 Å². The third-order valence-electron chi connectivity index (χ3n) is 4.05. The number of nitrogens with zero attached hydrogens (tertiary/aromatic N) is 1. The van der Waals surface area contributed by atoms with E-state index in [-0.39, 0.29) is 6.23 Å². The summed E-state index contributed by atoms with van der Waals surface area (Å²) in [4.78, 5) is 2.53. The molecule has 1 aliphatic rings. The molecule has 1 atom stereocenters. The Balaban J connectivity index is 1.95. The van der Waals surface area contributed by atoms with E-state index in [0.29, 0.717) is 0 Å². The monoisotopic (exact) mass is 261 g/mol. The van der Waals surface area contributed by atoms with Crippen molar-refractivity contribution in [2.75, 3.05) is 13.1 Å². The van der Waals surface area contributed by atoms with E-state index in [1.54, 1.807) is 0 Å². The number of para-hydroxylation sites is 1. The average Bonchev–Trinajstić information content (AvgIpc) is 2.45. The summed E-state index contributed by atoms with van der Waals surface area (Å²) in [6.45, 7) is 6.97. The largest absolute Gasteiger partial charge is 0.475 e. The fourth-order valence-electron chi connectivity index (χ4n) is 2.67. The first-order valence-corrected chi connectivity index (χ1v) is 7.75. The topological polar surface area (TPSA) is 12.5 Å². The van der Waals surface area contributed by atoms with Gasteiger partial charge in [-0.3, -0.25) is 4.90 Å². The molecule has 1 aromatic carbocycles. The first-order valence-electron chi connectivity index (χ1n) is 7.75. The van der Waals surface area contributed by atoms with Crippen molar-refractivity contribution < 1.29 is 4.74 Å². The van der Waals surface area contributed by atoms with Crippen LogP contribution in [-0.2, 0) is 0 Å². The molecule has 1 heterocycles. The predicted molar refractivity (Wildman–Crippen MR) is 80.4 cm³/mol. The molecular weight excluding hydrogens is 234 g/mol. The minimum atomic E-state index is 0.259. The smallest absolute Gasteiger partial charge is 0.152 e. The fraction of sp³-hybridized carbons (Fsp3) is 0.647. The Hall–Kier alpha value is -1.02. The van der Waals surface area contributed by atoms with Crippen LogP contribution in [0.1, 0.15) is 46.0 Å². The normalized spacial score (nSPS) is 19.3. The van der Waals surface area contributed by atoms with Crippen molar-refractivity contribution in [1.82, 2.24) is 4.90 Å². The van der Waals surface area contributed by atoms with Gasteiger partial charge in [-0.1, -0.05) is 38.5 Å². The van der Waals surface area contributed by atoms with Gasteiger partial charge in [-0.15, -0.1) is 0 Å². The third-order valence-corrected chi connectivity index (χ3v) is 4.05. The van der Waals surface area contributed by atoms with Crippen LogP contribution in [0.15, 0.2) is 30.3 Å². The Labute approximate surface area is 117 Å². The lowest BCUT2D eigenvalue weighted by Crippen LogP contribution is -2.44. The van der Waals surface area contributed by atoms with E-state index in [0.717, 1.165) is 18.1 Å². The van der Waals surface area contributed by atoms with E-state index >= 15 is 0 Å². The zero-order chi connectivity index (χ0) is 13.5. The molecule has 2 nitrogen and oxygen atoms in total. The van der Waals surface area contributed by atoms with Crippen LogP contribution < -0.4 is 4.74 Å². The number of likely N-dealkylation sites (tertiary alicyclic amines) is 1. The third kappa shape index (κ3) is 4.54. The molecule has 1 aliphatic heterocycles. The van der Waals surface area contributed by atoms with Crippen molar-refractivity contribution >= 4 is 0 Å². The molecule has 0 bridgehead atoms. The Morgan fingerprint density at radius 3 is 2.53 bits per heavy atom. The summed E-state index contributed by atoms with van der Waals surface area (Å²) in [6, 6.07) is 10.3. The average molecular weight is 261 g/mol. The van der Waals surface area contributed by atoms with Gasteiger partial charge in [-0.05, 0) is 43.7 Å². The van der Waals surface area contributed by atoms with Crippen LogP contribution in [0, 0.1) is 5.92 Å². The highest BCUT2D eigenvalue weighted by molar-refractivity contribution is 5.21. The van der Waals surface area contributed by atoms with Gasteiger partial charge in [0.1, 0.15) is 5.75 Å². The van der Waals surface area contributed by atoms with E-state index in [2.05, 4.69) is 30.9 Å². The molecule has 1 aromatic rings. The summed E-state index contributed by atoms with van der Waals surface area (Å²) in [7, 11) is 0. The number of unbranched alkanes of at least 4 members (excludes halogenated alkanes) is 1.